The summed E-state index contributed by atoms with van der Waals surface area (Å²) in [6.07, 6.45) is 0.915. The number of amides is 1. The van der Waals surface area contributed by atoms with Crippen molar-refractivity contribution in [1.29, 1.82) is 0 Å². The van der Waals surface area contributed by atoms with Crippen molar-refractivity contribution in [1.82, 2.24) is 10.2 Å². The van der Waals surface area contributed by atoms with Gasteiger partial charge in [-0.1, -0.05) is 6.07 Å². The van der Waals surface area contributed by atoms with E-state index < -0.39 is 0 Å². The molecule has 1 amide bonds. The van der Waals surface area contributed by atoms with Gasteiger partial charge in [0.15, 0.2) is 0 Å². The molecule has 0 aliphatic heterocycles. The molecule has 0 spiro atoms. The molecule has 0 aromatic heterocycles. The fourth-order valence-corrected chi connectivity index (χ4v) is 1.64. The molecule has 0 saturated heterocycles. The van der Waals surface area contributed by atoms with Crippen LogP contribution in [0.1, 0.15) is 36.2 Å². The van der Waals surface area contributed by atoms with Gasteiger partial charge in [0.25, 0.3) is 5.91 Å². The fourth-order valence-electron chi connectivity index (χ4n) is 1.64. The largest absolute Gasteiger partial charge is 0.508 e. The van der Waals surface area contributed by atoms with Crippen LogP contribution in [-0.2, 0) is 0 Å². The van der Waals surface area contributed by atoms with Crippen molar-refractivity contribution in [3.8, 4) is 5.75 Å². The van der Waals surface area contributed by atoms with E-state index in [0.29, 0.717) is 18.2 Å². The number of phenols is 1. The van der Waals surface area contributed by atoms with E-state index in [0.717, 1.165) is 18.5 Å². The van der Waals surface area contributed by atoms with E-state index >= 15 is 0 Å². The minimum atomic E-state index is -0.137. The predicted molar refractivity (Wildman–Crippen MR) is 77.6 cm³/mol. The molecule has 106 valence electrons. The molecule has 0 unspecified atom stereocenters. The number of aryl methyl sites for hydroxylation is 1. The highest BCUT2D eigenvalue weighted by Crippen LogP contribution is 2.17. The smallest absolute Gasteiger partial charge is 0.251 e. The summed E-state index contributed by atoms with van der Waals surface area (Å²) in [5, 5.41) is 12.4. The van der Waals surface area contributed by atoms with Crippen molar-refractivity contribution in [2.24, 2.45) is 0 Å². The molecule has 1 aromatic carbocycles. The van der Waals surface area contributed by atoms with E-state index in [1.807, 2.05) is 0 Å². The van der Waals surface area contributed by atoms with Gasteiger partial charge in [-0.3, -0.25) is 4.79 Å². The number of hydrogen-bond donors (Lipinski definition) is 2. The Morgan fingerprint density at radius 3 is 2.68 bits per heavy atom. The zero-order valence-electron chi connectivity index (χ0n) is 12.2. The number of aromatic hydroxyl groups is 1. The Hall–Kier alpha value is -1.55. The SMILES string of the molecule is Cc1ccc(C(=O)NCCCN(C)C(C)C)cc1O. The maximum atomic E-state index is 11.9. The highest BCUT2D eigenvalue weighted by molar-refractivity contribution is 5.94. The van der Waals surface area contributed by atoms with Crippen molar-refractivity contribution in [3.63, 3.8) is 0 Å². The molecular weight excluding hydrogens is 240 g/mol. The number of nitrogens with zero attached hydrogens (tertiary/aromatic N) is 1. The second kappa shape index (κ2) is 7.14. The van der Waals surface area contributed by atoms with Gasteiger partial charge < -0.3 is 15.3 Å². The molecule has 0 aliphatic rings. The van der Waals surface area contributed by atoms with Gasteiger partial charge >= 0.3 is 0 Å². The Balaban J connectivity index is 2.37. The van der Waals surface area contributed by atoms with Crippen molar-refractivity contribution in [3.05, 3.63) is 29.3 Å². The van der Waals surface area contributed by atoms with Gasteiger partial charge in [-0.05, 0) is 58.5 Å². The molecule has 0 heterocycles. The van der Waals surface area contributed by atoms with Gasteiger partial charge in [-0.2, -0.15) is 0 Å². The normalized spacial score (nSPS) is 11.1. The quantitative estimate of drug-likeness (QED) is 0.774. The number of benzene rings is 1. The number of phenolic OH excluding ortho intramolecular Hbond substituents is 1. The van der Waals surface area contributed by atoms with Gasteiger partial charge in [0.2, 0.25) is 0 Å². The molecule has 0 atom stereocenters. The van der Waals surface area contributed by atoms with E-state index in [4.69, 9.17) is 0 Å². The molecule has 1 aromatic rings. The first-order valence-corrected chi connectivity index (χ1v) is 6.70. The lowest BCUT2D eigenvalue weighted by Crippen LogP contribution is -2.31. The monoisotopic (exact) mass is 264 g/mol. The lowest BCUT2D eigenvalue weighted by molar-refractivity contribution is 0.0951. The van der Waals surface area contributed by atoms with Crippen LogP contribution < -0.4 is 5.32 Å². The van der Waals surface area contributed by atoms with Crippen LogP contribution in [0.3, 0.4) is 0 Å². The van der Waals surface area contributed by atoms with Crippen LogP contribution in [-0.4, -0.2) is 42.1 Å². The van der Waals surface area contributed by atoms with Gasteiger partial charge in [-0.15, -0.1) is 0 Å². The molecule has 0 radical (unpaired) electrons. The third kappa shape index (κ3) is 4.91. The Bertz CT molecular complexity index is 430. The summed E-state index contributed by atoms with van der Waals surface area (Å²) in [7, 11) is 2.07. The highest BCUT2D eigenvalue weighted by Gasteiger charge is 2.07. The number of nitrogens with one attached hydrogen (secondary N) is 1. The van der Waals surface area contributed by atoms with Crippen LogP contribution in [0.15, 0.2) is 18.2 Å². The molecule has 0 saturated carbocycles. The molecule has 2 N–H and O–H groups in total. The minimum Gasteiger partial charge on any atom is -0.508 e. The molecule has 4 heteroatoms. The van der Waals surface area contributed by atoms with Crippen LogP contribution in [0, 0.1) is 6.92 Å². The number of hydrogen-bond acceptors (Lipinski definition) is 3. The topological polar surface area (TPSA) is 52.6 Å². The van der Waals surface area contributed by atoms with E-state index in [1.165, 1.54) is 6.07 Å². The average molecular weight is 264 g/mol. The molecular formula is C15H24N2O2. The molecule has 1 rings (SSSR count). The maximum Gasteiger partial charge on any atom is 0.251 e. The van der Waals surface area contributed by atoms with E-state index in [1.54, 1.807) is 19.1 Å². The Morgan fingerprint density at radius 2 is 2.11 bits per heavy atom. The maximum absolute atomic E-state index is 11.9. The van der Waals surface area contributed by atoms with Crippen LogP contribution in [0.5, 0.6) is 5.75 Å². The summed E-state index contributed by atoms with van der Waals surface area (Å²) in [6.45, 7) is 7.70. The Labute approximate surface area is 115 Å². The second-order valence-electron chi connectivity index (χ2n) is 5.19. The van der Waals surface area contributed by atoms with E-state index in [2.05, 4.69) is 31.1 Å². The number of carbonyl (C=O) groups is 1. The summed E-state index contributed by atoms with van der Waals surface area (Å²) in [5.74, 6) is 0.0229. The third-order valence-corrected chi connectivity index (χ3v) is 3.33. The molecule has 0 bridgehead atoms. The van der Waals surface area contributed by atoms with Crippen LogP contribution in [0.25, 0.3) is 0 Å². The van der Waals surface area contributed by atoms with Crippen molar-refractivity contribution >= 4 is 5.91 Å². The van der Waals surface area contributed by atoms with Gasteiger partial charge in [0, 0.05) is 18.2 Å². The minimum absolute atomic E-state index is 0.137. The lowest BCUT2D eigenvalue weighted by atomic mass is 10.1. The molecule has 0 aliphatic carbocycles. The first-order chi connectivity index (χ1) is 8.91. The first kappa shape index (κ1) is 15.5. The lowest BCUT2D eigenvalue weighted by Gasteiger charge is -2.20. The highest BCUT2D eigenvalue weighted by atomic mass is 16.3. The summed E-state index contributed by atoms with van der Waals surface area (Å²) >= 11 is 0. The molecule has 0 fully saturated rings. The standard InChI is InChI=1S/C15H24N2O2/c1-11(2)17(4)9-5-8-16-15(19)13-7-6-12(3)14(18)10-13/h6-7,10-11,18H,5,8-9H2,1-4H3,(H,16,19). The molecule has 4 nitrogen and oxygen atoms in total. The van der Waals surface area contributed by atoms with Gasteiger partial charge in [0.1, 0.15) is 5.75 Å². The zero-order chi connectivity index (χ0) is 14.4. The zero-order valence-corrected chi connectivity index (χ0v) is 12.2. The van der Waals surface area contributed by atoms with E-state index in [-0.39, 0.29) is 11.7 Å². The third-order valence-electron chi connectivity index (χ3n) is 3.33. The van der Waals surface area contributed by atoms with Crippen LogP contribution >= 0.6 is 0 Å². The van der Waals surface area contributed by atoms with Gasteiger partial charge in [-0.25, -0.2) is 0 Å². The van der Waals surface area contributed by atoms with Crippen molar-refractivity contribution in [2.75, 3.05) is 20.1 Å². The van der Waals surface area contributed by atoms with Crippen LogP contribution in [0.2, 0.25) is 0 Å². The van der Waals surface area contributed by atoms with Crippen molar-refractivity contribution < 1.29 is 9.90 Å². The van der Waals surface area contributed by atoms with Gasteiger partial charge in [0.05, 0.1) is 0 Å². The number of rotatable bonds is 6. The van der Waals surface area contributed by atoms with Crippen molar-refractivity contribution in [2.45, 2.75) is 33.2 Å². The van der Waals surface area contributed by atoms with E-state index in [9.17, 15) is 9.90 Å². The Kier molecular flexibility index (Phi) is 5.83. The fraction of sp³-hybridized carbons (Fsp3) is 0.533. The number of carbonyl (C=O) groups excluding carboxylic acids is 1. The van der Waals surface area contributed by atoms with Crippen LogP contribution in [0.4, 0.5) is 0 Å². The summed E-state index contributed by atoms with van der Waals surface area (Å²) < 4.78 is 0. The Morgan fingerprint density at radius 1 is 1.42 bits per heavy atom. The second-order valence-corrected chi connectivity index (χ2v) is 5.19. The average Bonchev–Trinajstić information content (AvgIpc) is 2.37. The summed E-state index contributed by atoms with van der Waals surface area (Å²) in [6, 6.07) is 5.50. The molecule has 19 heavy (non-hydrogen) atoms. The summed E-state index contributed by atoms with van der Waals surface area (Å²) in [5.41, 5.74) is 1.27. The summed E-state index contributed by atoms with van der Waals surface area (Å²) in [4.78, 5) is 14.1. The predicted octanol–water partition coefficient (Wildman–Crippen LogP) is 2.16. The first-order valence-electron chi connectivity index (χ1n) is 6.70.